The van der Waals surface area contributed by atoms with E-state index in [0.717, 1.165) is 36.2 Å². The first-order chi connectivity index (χ1) is 10.2. The van der Waals surface area contributed by atoms with Gasteiger partial charge in [0.1, 0.15) is 11.3 Å². The molecule has 0 aromatic carbocycles. The summed E-state index contributed by atoms with van der Waals surface area (Å²) in [6.07, 6.45) is 2.40. The molecule has 4 heterocycles. The molecule has 0 saturated carbocycles. The van der Waals surface area contributed by atoms with E-state index in [1.54, 1.807) is 11.3 Å². The third kappa shape index (κ3) is 2.15. The topological polar surface area (TPSA) is 58.3 Å². The summed E-state index contributed by atoms with van der Waals surface area (Å²) in [5.74, 6) is 0.954. The first-order valence-corrected chi connectivity index (χ1v) is 8.30. The van der Waals surface area contributed by atoms with E-state index in [-0.39, 0.29) is 0 Å². The molecular formula is C14H19N5OS. The number of anilines is 1. The molecule has 2 aromatic heterocycles. The van der Waals surface area contributed by atoms with Gasteiger partial charge < -0.3 is 9.42 Å². The van der Waals surface area contributed by atoms with Gasteiger partial charge in [0.15, 0.2) is 0 Å². The van der Waals surface area contributed by atoms with Crippen LogP contribution < -0.4 is 4.90 Å². The van der Waals surface area contributed by atoms with Crippen LogP contribution in [0.15, 0.2) is 10.0 Å². The summed E-state index contributed by atoms with van der Waals surface area (Å²) >= 11 is 1.64. The lowest BCUT2D eigenvalue weighted by Crippen LogP contribution is -2.36. The first kappa shape index (κ1) is 13.2. The minimum atomic E-state index is 0.582. The van der Waals surface area contributed by atoms with Crippen molar-refractivity contribution < 1.29 is 4.52 Å². The lowest BCUT2D eigenvalue weighted by Gasteiger charge is -2.25. The molecule has 2 saturated heterocycles. The van der Waals surface area contributed by atoms with Gasteiger partial charge in [0.25, 0.3) is 0 Å². The Hall–Kier alpha value is -1.47. The monoisotopic (exact) mass is 305 g/mol. The van der Waals surface area contributed by atoms with E-state index < -0.39 is 0 Å². The van der Waals surface area contributed by atoms with Gasteiger partial charge >= 0.3 is 0 Å². The van der Waals surface area contributed by atoms with Crippen molar-refractivity contribution in [2.75, 3.05) is 18.0 Å². The smallest absolute Gasteiger partial charge is 0.208 e. The highest BCUT2D eigenvalue weighted by atomic mass is 32.1. The van der Waals surface area contributed by atoms with Gasteiger partial charge in [0, 0.05) is 37.3 Å². The molecule has 0 radical (unpaired) electrons. The Bertz CT molecular complexity index is 606. The molecule has 0 amide bonds. The first-order valence-electron chi connectivity index (χ1n) is 7.42. The average Bonchev–Trinajstić information content (AvgIpc) is 3.20. The minimum absolute atomic E-state index is 0.582. The van der Waals surface area contributed by atoms with Gasteiger partial charge in [-0.15, -0.1) is 10.2 Å². The van der Waals surface area contributed by atoms with Crippen LogP contribution in [0.2, 0.25) is 0 Å². The Kier molecular flexibility index (Phi) is 3.19. The lowest BCUT2D eigenvalue weighted by atomic mass is 10.1. The van der Waals surface area contributed by atoms with Crippen molar-refractivity contribution in [3.8, 4) is 0 Å². The summed E-state index contributed by atoms with van der Waals surface area (Å²) in [5, 5.41) is 13.4. The molecule has 2 fully saturated rings. The van der Waals surface area contributed by atoms with E-state index in [0.29, 0.717) is 12.1 Å². The summed E-state index contributed by atoms with van der Waals surface area (Å²) in [4.78, 5) is 5.02. The van der Waals surface area contributed by atoms with Crippen molar-refractivity contribution >= 4 is 16.5 Å². The van der Waals surface area contributed by atoms with Crippen molar-refractivity contribution in [1.82, 2.24) is 20.3 Å². The van der Waals surface area contributed by atoms with Crippen molar-refractivity contribution in [3.63, 3.8) is 0 Å². The summed E-state index contributed by atoms with van der Waals surface area (Å²) in [7, 11) is 0. The van der Waals surface area contributed by atoms with Crippen LogP contribution in [0.4, 0.5) is 5.13 Å². The number of aryl methyl sites for hydroxylation is 2. The van der Waals surface area contributed by atoms with Gasteiger partial charge in [-0.2, -0.15) is 0 Å². The number of hydrogen-bond donors (Lipinski definition) is 0. The van der Waals surface area contributed by atoms with E-state index in [1.807, 2.05) is 19.4 Å². The number of aromatic nitrogens is 3. The van der Waals surface area contributed by atoms with Crippen molar-refractivity contribution in [1.29, 1.82) is 0 Å². The summed E-state index contributed by atoms with van der Waals surface area (Å²) in [5.41, 5.74) is 4.10. The highest BCUT2D eigenvalue weighted by Gasteiger charge is 2.43. The zero-order valence-electron chi connectivity index (χ0n) is 12.3. The van der Waals surface area contributed by atoms with Crippen molar-refractivity contribution in [3.05, 3.63) is 22.5 Å². The molecular weight excluding hydrogens is 286 g/mol. The number of fused-ring (bicyclic) bond motifs is 1. The molecule has 0 N–H and O–H groups in total. The van der Waals surface area contributed by atoms with Crippen LogP contribution >= 0.6 is 11.3 Å². The van der Waals surface area contributed by atoms with Crippen LogP contribution in [0.25, 0.3) is 0 Å². The molecule has 2 aromatic rings. The Balaban J connectivity index is 1.51. The predicted octanol–water partition coefficient (Wildman–Crippen LogP) is 2.00. The molecule has 6 nitrogen and oxygen atoms in total. The van der Waals surface area contributed by atoms with E-state index in [9.17, 15) is 0 Å². The van der Waals surface area contributed by atoms with Crippen LogP contribution in [0.3, 0.4) is 0 Å². The van der Waals surface area contributed by atoms with Crippen LogP contribution in [-0.4, -0.2) is 45.4 Å². The molecule has 21 heavy (non-hydrogen) atoms. The maximum atomic E-state index is 5.29. The van der Waals surface area contributed by atoms with Gasteiger partial charge in [0.05, 0.1) is 5.69 Å². The average molecular weight is 305 g/mol. The summed E-state index contributed by atoms with van der Waals surface area (Å²) < 4.78 is 5.29. The third-order valence-corrected chi connectivity index (χ3v) is 5.55. The second kappa shape index (κ2) is 5.06. The van der Waals surface area contributed by atoms with E-state index in [4.69, 9.17) is 4.52 Å². The van der Waals surface area contributed by atoms with Crippen LogP contribution in [0, 0.1) is 13.8 Å². The molecule has 0 spiro atoms. The summed E-state index contributed by atoms with van der Waals surface area (Å²) in [6, 6.07) is 1.20. The van der Waals surface area contributed by atoms with Gasteiger partial charge in [0.2, 0.25) is 5.13 Å². The number of likely N-dealkylation sites (tertiary alicyclic amines) is 1. The predicted molar refractivity (Wildman–Crippen MR) is 80.5 cm³/mol. The second-order valence-corrected chi connectivity index (χ2v) is 6.71. The molecule has 112 valence electrons. The highest BCUT2D eigenvalue weighted by Crippen LogP contribution is 2.36. The number of rotatable bonds is 3. The van der Waals surface area contributed by atoms with Gasteiger partial charge in [-0.1, -0.05) is 16.5 Å². The minimum Gasteiger partial charge on any atom is -0.361 e. The normalized spacial score (nSPS) is 25.7. The molecule has 2 atom stereocenters. The van der Waals surface area contributed by atoms with Crippen molar-refractivity contribution in [2.45, 2.75) is 45.3 Å². The standard InChI is InChI=1S/C14H19N5OS/c1-9-11(10(2)20-17-9)7-18-5-3-13-12(18)4-6-19(13)14-16-15-8-21-14/h8,12-13H,3-7H2,1-2H3/t12-,13-/m0/s1. The molecule has 0 bridgehead atoms. The molecule has 2 aliphatic rings. The van der Waals surface area contributed by atoms with Crippen LogP contribution in [0.5, 0.6) is 0 Å². The SMILES string of the molecule is Cc1noc(C)c1CN1CC[C@H]2[C@@H]1CCN2c1nncs1. The number of hydrogen-bond acceptors (Lipinski definition) is 7. The molecule has 0 aliphatic carbocycles. The largest absolute Gasteiger partial charge is 0.361 e. The van der Waals surface area contributed by atoms with Gasteiger partial charge in [-0.3, -0.25) is 4.90 Å². The zero-order valence-corrected chi connectivity index (χ0v) is 13.1. The number of nitrogens with zero attached hydrogens (tertiary/aromatic N) is 5. The van der Waals surface area contributed by atoms with Crippen LogP contribution in [0.1, 0.15) is 29.9 Å². The fraction of sp³-hybridized carbons (Fsp3) is 0.643. The van der Waals surface area contributed by atoms with E-state index >= 15 is 0 Å². The molecule has 0 unspecified atom stereocenters. The quantitative estimate of drug-likeness (QED) is 0.864. The Morgan fingerprint density at radius 2 is 2.14 bits per heavy atom. The fourth-order valence-electron chi connectivity index (χ4n) is 3.73. The third-order valence-electron chi connectivity index (χ3n) is 4.83. The highest BCUT2D eigenvalue weighted by molar-refractivity contribution is 7.13. The maximum Gasteiger partial charge on any atom is 0.208 e. The van der Waals surface area contributed by atoms with Crippen molar-refractivity contribution in [2.24, 2.45) is 0 Å². The van der Waals surface area contributed by atoms with E-state index in [2.05, 4.69) is 25.2 Å². The Morgan fingerprint density at radius 3 is 2.86 bits per heavy atom. The summed E-state index contributed by atoms with van der Waals surface area (Å²) in [6.45, 7) is 7.20. The molecule has 7 heteroatoms. The fourth-order valence-corrected chi connectivity index (χ4v) is 4.38. The van der Waals surface area contributed by atoms with Gasteiger partial charge in [-0.25, -0.2) is 0 Å². The lowest BCUT2D eigenvalue weighted by molar-refractivity contribution is 0.244. The zero-order chi connectivity index (χ0) is 14.4. The second-order valence-electron chi connectivity index (χ2n) is 5.90. The van der Waals surface area contributed by atoms with E-state index in [1.165, 1.54) is 18.4 Å². The maximum absolute atomic E-state index is 5.29. The molecule has 2 aliphatic heterocycles. The molecule has 4 rings (SSSR count). The van der Waals surface area contributed by atoms with Crippen LogP contribution in [-0.2, 0) is 6.54 Å². The van der Waals surface area contributed by atoms with Gasteiger partial charge in [-0.05, 0) is 26.7 Å². The Morgan fingerprint density at radius 1 is 1.29 bits per heavy atom. The Labute approximate surface area is 127 Å².